The van der Waals surface area contributed by atoms with Crippen LogP contribution in [0.3, 0.4) is 0 Å². The van der Waals surface area contributed by atoms with Crippen molar-refractivity contribution in [2.45, 2.75) is 19.2 Å². The van der Waals surface area contributed by atoms with E-state index < -0.39 is 22.9 Å². The molecule has 7 heteroatoms. The molecular weight excluding hydrogens is 357 g/mol. The van der Waals surface area contributed by atoms with E-state index in [4.69, 9.17) is 15.0 Å². The molecule has 1 aliphatic rings. The van der Waals surface area contributed by atoms with Gasteiger partial charge in [0.1, 0.15) is 12.4 Å². The molecule has 0 amide bonds. The second-order valence-corrected chi connectivity index (χ2v) is 6.98. The SMILES string of the molecule is Cc1cc(C2=C(c3ccc(CN)c(F)c3)C(=O)OC2)ccc1CS(=O)O. The number of carbonyl (C=O) groups excluding carboxylic acids is 1. The molecule has 0 bridgehead atoms. The number of hydrogen-bond acceptors (Lipinski definition) is 4. The Morgan fingerprint density at radius 2 is 1.88 bits per heavy atom. The largest absolute Gasteiger partial charge is 0.457 e. The lowest BCUT2D eigenvalue weighted by Gasteiger charge is -2.09. The van der Waals surface area contributed by atoms with Crippen LogP contribution in [0.15, 0.2) is 36.4 Å². The smallest absolute Gasteiger partial charge is 0.339 e. The van der Waals surface area contributed by atoms with Gasteiger partial charge in [0.25, 0.3) is 0 Å². The van der Waals surface area contributed by atoms with Gasteiger partial charge in [0.05, 0.1) is 11.3 Å². The van der Waals surface area contributed by atoms with Crippen LogP contribution in [0.4, 0.5) is 4.39 Å². The van der Waals surface area contributed by atoms with Crippen LogP contribution in [0, 0.1) is 12.7 Å². The van der Waals surface area contributed by atoms with Crippen molar-refractivity contribution < 1.29 is 22.7 Å². The van der Waals surface area contributed by atoms with Gasteiger partial charge in [-0.15, -0.1) is 0 Å². The van der Waals surface area contributed by atoms with E-state index in [1.165, 1.54) is 6.07 Å². The summed E-state index contributed by atoms with van der Waals surface area (Å²) in [4.78, 5) is 12.2. The molecule has 0 aliphatic carbocycles. The number of aryl methyl sites for hydroxylation is 1. The third-order valence-corrected chi connectivity index (χ3v) is 4.94. The zero-order valence-electron chi connectivity index (χ0n) is 14.1. The van der Waals surface area contributed by atoms with E-state index in [2.05, 4.69) is 0 Å². The van der Waals surface area contributed by atoms with Gasteiger partial charge in [-0.05, 0) is 35.2 Å². The standard InChI is InChI=1S/C19H18FNO4S/c1-11-6-12(2-5-15(11)10-26(23)24)16-9-25-19(22)18(16)13-3-4-14(8-21)17(20)7-13/h2-7H,8-10,21H2,1H3,(H,23,24). The summed E-state index contributed by atoms with van der Waals surface area (Å²) in [5.41, 5.74) is 9.63. The lowest BCUT2D eigenvalue weighted by molar-refractivity contribution is -0.133. The molecule has 0 saturated carbocycles. The van der Waals surface area contributed by atoms with E-state index in [1.807, 2.05) is 13.0 Å². The third-order valence-electron chi connectivity index (χ3n) is 4.39. The normalized spacial score (nSPS) is 15.3. The van der Waals surface area contributed by atoms with E-state index >= 15 is 0 Å². The summed E-state index contributed by atoms with van der Waals surface area (Å²) in [5.74, 6) is -0.925. The van der Waals surface area contributed by atoms with Crippen LogP contribution in [-0.2, 0) is 32.9 Å². The first-order chi connectivity index (χ1) is 12.4. The molecule has 136 valence electrons. The minimum absolute atomic E-state index is 0.0409. The number of halogens is 1. The highest BCUT2D eigenvalue weighted by Crippen LogP contribution is 2.34. The summed E-state index contributed by atoms with van der Waals surface area (Å²) in [5, 5.41) is 0. The van der Waals surface area contributed by atoms with Crippen LogP contribution >= 0.6 is 0 Å². The molecule has 1 heterocycles. The predicted molar refractivity (Wildman–Crippen MR) is 97.7 cm³/mol. The molecule has 2 aromatic carbocycles. The molecule has 0 saturated heterocycles. The Hall–Kier alpha value is -2.35. The van der Waals surface area contributed by atoms with Crippen LogP contribution in [-0.4, -0.2) is 21.3 Å². The van der Waals surface area contributed by atoms with Crippen molar-refractivity contribution in [3.05, 3.63) is 70.0 Å². The quantitative estimate of drug-likeness (QED) is 0.620. The average Bonchev–Trinajstić information content (AvgIpc) is 2.98. The average molecular weight is 375 g/mol. The highest BCUT2D eigenvalue weighted by Gasteiger charge is 2.28. The molecule has 1 aliphatic heterocycles. The lowest BCUT2D eigenvalue weighted by atomic mass is 9.94. The molecule has 0 spiro atoms. The van der Waals surface area contributed by atoms with Crippen molar-refractivity contribution in [1.29, 1.82) is 0 Å². The number of ether oxygens (including phenoxy) is 1. The van der Waals surface area contributed by atoms with E-state index in [0.29, 0.717) is 22.3 Å². The molecule has 0 radical (unpaired) electrons. The van der Waals surface area contributed by atoms with Crippen molar-refractivity contribution in [3.8, 4) is 0 Å². The summed E-state index contributed by atoms with van der Waals surface area (Å²) >= 11 is -1.93. The van der Waals surface area contributed by atoms with Crippen molar-refractivity contribution in [3.63, 3.8) is 0 Å². The number of nitrogens with two attached hydrogens (primary N) is 1. The number of cyclic esters (lactones) is 1. The fraction of sp³-hybridized carbons (Fsp3) is 0.211. The zero-order valence-corrected chi connectivity index (χ0v) is 14.9. The minimum Gasteiger partial charge on any atom is -0.457 e. The van der Waals surface area contributed by atoms with Crippen LogP contribution in [0.25, 0.3) is 11.1 Å². The first-order valence-electron chi connectivity index (χ1n) is 7.97. The first-order valence-corrected chi connectivity index (χ1v) is 9.24. The first kappa shape index (κ1) is 18.4. The fourth-order valence-corrected chi connectivity index (χ4v) is 3.56. The van der Waals surface area contributed by atoms with Crippen molar-refractivity contribution in [2.75, 3.05) is 6.61 Å². The van der Waals surface area contributed by atoms with Crippen LogP contribution < -0.4 is 5.73 Å². The highest BCUT2D eigenvalue weighted by molar-refractivity contribution is 7.78. The molecule has 3 N–H and O–H groups in total. The molecule has 3 rings (SSSR count). The summed E-state index contributed by atoms with van der Waals surface area (Å²) in [6.07, 6.45) is 0. The third kappa shape index (κ3) is 3.60. The van der Waals surface area contributed by atoms with Gasteiger partial charge in [0, 0.05) is 17.7 Å². The van der Waals surface area contributed by atoms with Crippen LogP contribution in [0.1, 0.15) is 27.8 Å². The van der Waals surface area contributed by atoms with Gasteiger partial charge in [0.2, 0.25) is 0 Å². The Kier molecular flexibility index (Phi) is 5.31. The Balaban J connectivity index is 2.06. The van der Waals surface area contributed by atoms with Crippen LogP contribution in [0.5, 0.6) is 0 Å². The van der Waals surface area contributed by atoms with Crippen molar-refractivity contribution >= 4 is 28.2 Å². The summed E-state index contributed by atoms with van der Waals surface area (Å²) in [6.45, 7) is 2.01. The van der Waals surface area contributed by atoms with Gasteiger partial charge in [-0.1, -0.05) is 30.3 Å². The lowest BCUT2D eigenvalue weighted by Crippen LogP contribution is -2.03. The number of hydrogen-bond donors (Lipinski definition) is 2. The molecule has 5 nitrogen and oxygen atoms in total. The Morgan fingerprint density at radius 1 is 1.19 bits per heavy atom. The number of benzene rings is 2. The molecule has 26 heavy (non-hydrogen) atoms. The van der Waals surface area contributed by atoms with Gasteiger partial charge < -0.3 is 15.0 Å². The Labute approximate surface area is 153 Å². The van der Waals surface area contributed by atoms with Gasteiger partial charge >= 0.3 is 5.97 Å². The van der Waals surface area contributed by atoms with E-state index in [9.17, 15) is 13.4 Å². The van der Waals surface area contributed by atoms with Gasteiger partial charge in [0.15, 0.2) is 11.1 Å². The number of rotatable bonds is 5. The maximum atomic E-state index is 14.1. The number of carbonyl (C=O) groups is 1. The van der Waals surface area contributed by atoms with E-state index in [0.717, 1.165) is 16.7 Å². The van der Waals surface area contributed by atoms with Gasteiger partial charge in [-0.2, -0.15) is 0 Å². The summed E-state index contributed by atoms with van der Waals surface area (Å²) in [7, 11) is 0. The maximum Gasteiger partial charge on any atom is 0.339 e. The molecule has 1 atom stereocenters. The number of esters is 1. The second-order valence-electron chi connectivity index (χ2n) is 6.05. The molecule has 0 aromatic heterocycles. The highest BCUT2D eigenvalue weighted by atomic mass is 32.2. The Morgan fingerprint density at radius 3 is 2.50 bits per heavy atom. The fourth-order valence-electron chi connectivity index (χ4n) is 2.97. The molecule has 2 aromatic rings. The zero-order chi connectivity index (χ0) is 18.8. The maximum absolute atomic E-state index is 14.1. The molecule has 1 unspecified atom stereocenters. The summed E-state index contributed by atoms with van der Waals surface area (Å²) < 4.78 is 39.3. The van der Waals surface area contributed by atoms with Gasteiger partial charge in [-0.3, -0.25) is 0 Å². The monoisotopic (exact) mass is 375 g/mol. The molecule has 0 fully saturated rings. The van der Waals surface area contributed by atoms with Gasteiger partial charge in [-0.25, -0.2) is 13.4 Å². The van der Waals surface area contributed by atoms with Crippen molar-refractivity contribution in [1.82, 2.24) is 0 Å². The molecular formula is C19H18FNO4S. The van der Waals surface area contributed by atoms with Crippen molar-refractivity contribution in [2.24, 2.45) is 5.73 Å². The predicted octanol–water partition coefficient (Wildman–Crippen LogP) is 2.78. The minimum atomic E-state index is -1.93. The summed E-state index contributed by atoms with van der Waals surface area (Å²) in [6, 6.07) is 9.88. The topological polar surface area (TPSA) is 89.6 Å². The van der Waals surface area contributed by atoms with Crippen LogP contribution in [0.2, 0.25) is 0 Å². The second kappa shape index (κ2) is 7.49. The van der Waals surface area contributed by atoms with E-state index in [1.54, 1.807) is 24.3 Å². The van der Waals surface area contributed by atoms with E-state index in [-0.39, 0.29) is 18.9 Å². The Bertz CT molecular complexity index is 939.